The summed E-state index contributed by atoms with van der Waals surface area (Å²) in [5, 5.41) is 3.17. The molecule has 1 unspecified atom stereocenters. The van der Waals surface area contributed by atoms with Gasteiger partial charge in [-0.3, -0.25) is 14.4 Å². The van der Waals surface area contributed by atoms with Crippen molar-refractivity contribution in [2.24, 2.45) is 11.8 Å². The number of anilines is 2. The Bertz CT molecular complexity index is 1080. The van der Waals surface area contributed by atoms with Crippen LogP contribution in [-0.2, 0) is 19.1 Å². The number of thiazole rings is 1. The molecule has 2 aromatic rings. The maximum absolute atomic E-state index is 13.0. The fourth-order valence-electron chi connectivity index (χ4n) is 4.39. The number of aryl methyl sites for hydroxylation is 1. The number of hydrogen-bond donors (Lipinski definition) is 1. The number of esters is 1. The van der Waals surface area contributed by atoms with E-state index < -0.39 is 5.97 Å². The number of hydrogen-bond acceptors (Lipinski definition) is 7. The molecule has 0 bridgehead atoms. The van der Waals surface area contributed by atoms with Crippen LogP contribution in [0.4, 0.5) is 10.8 Å². The number of likely N-dealkylation sites (tertiary alicyclic amines) is 1. The van der Waals surface area contributed by atoms with E-state index in [9.17, 15) is 19.2 Å². The first-order valence-electron chi connectivity index (χ1n) is 11.5. The van der Waals surface area contributed by atoms with Crippen molar-refractivity contribution in [1.29, 1.82) is 0 Å². The van der Waals surface area contributed by atoms with Gasteiger partial charge in [0.1, 0.15) is 4.88 Å². The molecule has 1 aromatic heterocycles. The molecule has 34 heavy (non-hydrogen) atoms. The van der Waals surface area contributed by atoms with Gasteiger partial charge < -0.3 is 19.9 Å². The summed E-state index contributed by atoms with van der Waals surface area (Å²) in [5.41, 5.74) is 1.33. The number of aromatic nitrogens is 1. The third-order valence-electron chi connectivity index (χ3n) is 6.21. The van der Waals surface area contributed by atoms with Crippen LogP contribution in [0.2, 0.25) is 0 Å². The second-order valence-corrected chi connectivity index (χ2v) is 9.48. The maximum atomic E-state index is 13.0. The number of nitrogens with one attached hydrogen (secondary N) is 1. The van der Waals surface area contributed by atoms with Crippen LogP contribution in [0.1, 0.15) is 41.6 Å². The van der Waals surface area contributed by atoms with E-state index in [1.165, 1.54) is 0 Å². The molecule has 0 radical (unpaired) electrons. The molecule has 1 N–H and O–H groups in total. The molecule has 1 atom stereocenters. The Morgan fingerprint density at radius 2 is 1.85 bits per heavy atom. The van der Waals surface area contributed by atoms with Crippen LogP contribution in [0, 0.1) is 18.8 Å². The number of nitrogens with zero attached hydrogens (tertiary/aromatic N) is 3. The normalized spacial score (nSPS) is 18.8. The lowest BCUT2D eigenvalue weighted by molar-refractivity contribution is -0.138. The van der Waals surface area contributed by atoms with Gasteiger partial charge in [0, 0.05) is 37.7 Å². The van der Waals surface area contributed by atoms with E-state index >= 15 is 0 Å². The largest absolute Gasteiger partial charge is 0.462 e. The predicted octanol–water partition coefficient (Wildman–Crippen LogP) is 2.86. The van der Waals surface area contributed by atoms with E-state index in [4.69, 9.17) is 4.74 Å². The molecule has 2 saturated heterocycles. The minimum absolute atomic E-state index is 0.0275. The number of benzene rings is 1. The van der Waals surface area contributed by atoms with Crippen molar-refractivity contribution in [3.05, 3.63) is 40.9 Å². The van der Waals surface area contributed by atoms with Gasteiger partial charge in [-0.1, -0.05) is 29.5 Å². The molecule has 3 heterocycles. The average Bonchev–Trinajstić information content (AvgIpc) is 3.41. The molecule has 3 amide bonds. The fraction of sp³-hybridized carbons (Fsp3) is 0.458. The van der Waals surface area contributed by atoms with Crippen LogP contribution >= 0.6 is 11.3 Å². The van der Waals surface area contributed by atoms with E-state index in [0.29, 0.717) is 48.2 Å². The zero-order valence-corrected chi connectivity index (χ0v) is 20.1. The molecule has 2 aliphatic heterocycles. The van der Waals surface area contributed by atoms with E-state index in [0.717, 1.165) is 17.0 Å². The first-order valence-corrected chi connectivity index (χ1v) is 12.3. The van der Waals surface area contributed by atoms with Crippen molar-refractivity contribution in [2.45, 2.75) is 33.1 Å². The number of ether oxygens (including phenoxy) is 1. The van der Waals surface area contributed by atoms with E-state index in [-0.39, 0.29) is 42.6 Å². The topological polar surface area (TPSA) is 109 Å². The van der Waals surface area contributed by atoms with Crippen molar-refractivity contribution in [3.8, 4) is 0 Å². The third kappa shape index (κ3) is 5.11. The van der Waals surface area contributed by atoms with Gasteiger partial charge in [0.2, 0.25) is 17.7 Å². The Morgan fingerprint density at radius 1 is 1.15 bits per heavy atom. The summed E-state index contributed by atoms with van der Waals surface area (Å²) < 4.78 is 5.02. The average molecular weight is 485 g/mol. The van der Waals surface area contributed by atoms with Crippen molar-refractivity contribution < 1.29 is 23.9 Å². The number of carbonyl (C=O) groups is 4. The van der Waals surface area contributed by atoms with Crippen molar-refractivity contribution in [1.82, 2.24) is 9.88 Å². The number of piperidine rings is 1. The first-order chi connectivity index (χ1) is 16.4. The predicted molar refractivity (Wildman–Crippen MR) is 128 cm³/mol. The quantitative estimate of drug-likeness (QED) is 0.632. The SMILES string of the molecule is CCOC(=O)c1sc(NC(=O)C2CCN(C(=O)C3CC(=O)N(c4ccccc4)C3)CC2)nc1C. The van der Waals surface area contributed by atoms with Gasteiger partial charge in [-0.05, 0) is 38.8 Å². The van der Waals surface area contributed by atoms with Gasteiger partial charge in [0.15, 0.2) is 5.13 Å². The molecular weight excluding hydrogens is 456 g/mol. The summed E-state index contributed by atoms with van der Waals surface area (Å²) in [4.78, 5) is 58.3. The first kappa shape index (κ1) is 23.9. The number of amides is 3. The lowest BCUT2D eigenvalue weighted by atomic mass is 9.94. The summed E-state index contributed by atoms with van der Waals surface area (Å²) >= 11 is 1.10. The Morgan fingerprint density at radius 3 is 2.53 bits per heavy atom. The van der Waals surface area contributed by atoms with Crippen molar-refractivity contribution in [2.75, 3.05) is 36.5 Å². The van der Waals surface area contributed by atoms with E-state index in [2.05, 4.69) is 10.3 Å². The zero-order valence-electron chi connectivity index (χ0n) is 19.3. The Kier molecular flexibility index (Phi) is 7.26. The Labute approximate surface area is 202 Å². The number of carbonyl (C=O) groups excluding carboxylic acids is 4. The Hall–Kier alpha value is -3.27. The molecule has 0 aliphatic carbocycles. The molecule has 0 spiro atoms. The van der Waals surface area contributed by atoms with Crippen LogP contribution in [0.15, 0.2) is 30.3 Å². The van der Waals surface area contributed by atoms with Crippen LogP contribution in [-0.4, -0.2) is 59.8 Å². The van der Waals surface area contributed by atoms with Gasteiger partial charge in [0.05, 0.1) is 18.2 Å². The minimum Gasteiger partial charge on any atom is -0.462 e. The van der Waals surface area contributed by atoms with Gasteiger partial charge in [-0.15, -0.1) is 0 Å². The van der Waals surface area contributed by atoms with Gasteiger partial charge in [-0.25, -0.2) is 9.78 Å². The third-order valence-corrected chi connectivity index (χ3v) is 7.26. The summed E-state index contributed by atoms with van der Waals surface area (Å²) in [7, 11) is 0. The number of para-hydroxylation sites is 1. The Balaban J connectivity index is 1.29. The van der Waals surface area contributed by atoms with Gasteiger partial charge in [0.25, 0.3) is 0 Å². The fourth-order valence-corrected chi connectivity index (χ4v) is 5.26. The number of rotatable bonds is 6. The van der Waals surface area contributed by atoms with Crippen LogP contribution in [0.5, 0.6) is 0 Å². The molecule has 4 rings (SSSR count). The summed E-state index contributed by atoms with van der Waals surface area (Å²) in [6, 6.07) is 9.38. The molecule has 9 nitrogen and oxygen atoms in total. The molecule has 0 saturated carbocycles. The van der Waals surface area contributed by atoms with Gasteiger partial charge in [-0.2, -0.15) is 0 Å². The monoisotopic (exact) mass is 484 g/mol. The second-order valence-electron chi connectivity index (χ2n) is 8.48. The lowest BCUT2D eigenvalue weighted by Crippen LogP contribution is -2.44. The standard InChI is InChI=1S/C24H28N4O5S/c1-3-33-23(32)20-15(2)25-24(34-20)26-21(30)16-9-11-27(12-10-16)22(31)17-13-19(29)28(14-17)18-7-5-4-6-8-18/h4-8,16-17H,3,9-14H2,1-2H3,(H,25,26,30). The molecule has 2 aliphatic rings. The molecular formula is C24H28N4O5S. The molecule has 180 valence electrons. The van der Waals surface area contributed by atoms with Crippen molar-refractivity contribution in [3.63, 3.8) is 0 Å². The highest BCUT2D eigenvalue weighted by Crippen LogP contribution is 2.29. The lowest BCUT2D eigenvalue weighted by Gasteiger charge is -2.32. The van der Waals surface area contributed by atoms with Crippen LogP contribution in [0.25, 0.3) is 0 Å². The van der Waals surface area contributed by atoms with Crippen LogP contribution in [0.3, 0.4) is 0 Å². The van der Waals surface area contributed by atoms with Gasteiger partial charge >= 0.3 is 5.97 Å². The molecule has 1 aromatic carbocycles. The maximum Gasteiger partial charge on any atom is 0.350 e. The highest BCUT2D eigenvalue weighted by atomic mass is 32.1. The van der Waals surface area contributed by atoms with Crippen molar-refractivity contribution >= 4 is 45.8 Å². The summed E-state index contributed by atoms with van der Waals surface area (Å²) in [5.74, 6) is -1.29. The summed E-state index contributed by atoms with van der Waals surface area (Å²) in [6.07, 6.45) is 1.28. The van der Waals surface area contributed by atoms with E-state index in [1.807, 2.05) is 30.3 Å². The highest BCUT2D eigenvalue weighted by Gasteiger charge is 2.38. The summed E-state index contributed by atoms with van der Waals surface area (Å²) in [6.45, 7) is 5.03. The second kappa shape index (κ2) is 10.3. The minimum atomic E-state index is -0.443. The highest BCUT2D eigenvalue weighted by molar-refractivity contribution is 7.17. The van der Waals surface area contributed by atoms with Crippen LogP contribution < -0.4 is 10.2 Å². The van der Waals surface area contributed by atoms with E-state index in [1.54, 1.807) is 23.6 Å². The zero-order chi connectivity index (χ0) is 24.2. The molecule has 2 fully saturated rings. The smallest absolute Gasteiger partial charge is 0.350 e. The molecule has 10 heteroatoms.